The molecule has 33 heavy (non-hydrogen) atoms. The lowest BCUT2D eigenvalue weighted by Gasteiger charge is -2.36. The van der Waals surface area contributed by atoms with Crippen molar-refractivity contribution in [1.82, 2.24) is 0 Å². The summed E-state index contributed by atoms with van der Waals surface area (Å²) in [6.07, 6.45) is -11.4. The third kappa shape index (κ3) is 4.00. The van der Waals surface area contributed by atoms with Crippen molar-refractivity contribution in [2.75, 3.05) is 11.4 Å². The predicted molar refractivity (Wildman–Crippen MR) is 116 cm³/mol. The van der Waals surface area contributed by atoms with Gasteiger partial charge in [0.2, 0.25) is 0 Å². The molecule has 0 radical (unpaired) electrons. The molecule has 0 aliphatic carbocycles. The first-order valence-corrected chi connectivity index (χ1v) is 11.5. The molecule has 1 aromatic heterocycles. The molecule has 1 aliphatic heterocycles. The van der Waals surface area contributed by atoms with Gasteiger partial charge in [0.25, 0.3) is 11.5 Å². The van der Waals surface area contributed by atoms with E-state index in [0.717, 1.165) is 27.9 Å². The van der Waals surface area contributed by atoms with Crippen molar-refractivity contribution in [2.24, 2.45) is 0 Å². The summed E-state index contributed by atoms with van der Waals surface area (Å²) in [7, 11) is 0. The number of fused-ring (bicyclic) bond motifs is 2. The Balaban J connectivity index is 1.79. The number of amides is 1. The third-order valence-corrected chi connectivity index (χ3v) is 8.01. The Morgan fingerprint density at radius 3 is 2.33 bits per heavy atom. The molecule has 1 atom stereocenters. The third-order valence-electron chi connectivity index (χ3n) is 5.51. The van der Waals surface area contributed by atoms with Crippen LogP contribution in [0.4, 0.5) is 32.0 Å². The number of anilines is 1. The predicted octanol–water partition coefficient (Wildman–Crippen LogP) is 6.74. The fourth-order valence-electron chi connectivity index (χ4n) is 3.69. The maximum Gasteiger partial charge on any atom is 0.430 e. The minimum absolute atomic E-state index is 0.0759. The molecule has 1 unspecified atom stereocenters. The number of benzene rings is 2. The molecule has 0 saturated carbocycles. The largest absolute Gasteiger partial charge is 0.430 e. The molecule has 11 heteroatoms. The summed E-state index contributed by atoms with van der Waals surface area (Å²) in [5, 5.41) is 10.4. The van der Waals surface area contributed by atoms with Crippen LogP contribution in [0.25, 0.3) is 10.1 Å². The van der Waals surface area contributed by atoms with Crippen LogP contribution in [0.3, 0.4) is 0 Å². The summed E-state index contributed by atoms with van der Waals surface area (Å²) >= 11 is 2.35. The number of rotatable bonds is 3. The normalized spacial score (nSPS) is 17.3. The van der Waals surface area contributed by atoms with Crippen LogP contribution in [0.5, 0.6) is 0 Å². The number of hydrogen-bond donors (Lipinski definition) is 1. The van der Waals surface area contributed by atoms with Gasteiger partial charge in [-0.25, -0.2) is 0 Å². The zero-order valence-corrected chi connectivity index (χ0v) is 18.6. The number of nitrogens with zero attached hydrogens (tertiary/aromatic N) is 1. The molecule has 0 fully saturated rings. The van der Waals surface area contributed by atoms with Crippen LogP contribution in [-0.2, 0) is 5.60 Å². The lowest BCUT2D eigenvalue weighted by molar-refractivity contribution is -0.376. The van der Waals surface area contributed by atoms with Gasteiger partial charge >= 0.3 is 12.4 Å². The summed E-state index contributed by atoms with van der Waals surface area (Å²) in [5.74, 6) is -0.383. The lowest BCUT2D eigenvalue weighted by atomic mass is 9.92. The average molecular weight is 506 g/mol. The lowest BCUT2D eigenvalue weighted by Crippen LogP contribution is -2.54. The Hall–Kier alpha value is -2.24. The van der Waals surface area contributed by atoms with Crippen molar-refractivity contribution in [2.45, 2.75) is 41.4 Å². The van der Waals surface area contributed by atoms with Crippen LogP contribution < -0.4 is 4.90 Å². The highest BCUT2D eigenvalue weighted by atomic mass is 32.2. The molecular formula is C22H17F6NO2S2. The van der Waals surface area contributed by atoms with E-state index in [1.54, 1.807) is 6.07 Å². The number of alkyl halides is 6. The molecule has 0 saturated heterocycles. The van der Waals surface area contributed by atoms with Crippen LogP contribution >= 0.6 is 23.1 Å². The summed E-state index contributed by atoms with van der Waals surface area (Å²) in [6.45, 7) is 2.07. The van der Waals surface area contributed by atoms with Crippen LogP contribution in [-0.4, -0.2) is 35.2 Å². The number of aliphatic hydroxyl groups is 1. The van der Waals surface area contributed by atoms with Crippen LogP contribution in [0.15, 0.2) is 53.4 Å². The molecule has 3 aromatic rings. The number of thiophene rings is 1. The van der Waals surface area contributed by atoms with Gasteiger partial charge in [0.05, 0.1) is 10.6 Å². The van der Waals surface area contributed by atoms with Gasteiger partial charge in [0.15, 0.2) is 0 Å². The minimum atomic E-state index is -5.98. The second kappa shape index (κ2) is 8.21. The van der Waals surface area contributed by atoms with E-state index in [4.69, 9.17) is 0 Å². The first-order valence-electron chi connectivity index (χ1n) is 9.84. The van der Waals surface area contributed by atoms with E-state index in [1.165, 1.54) is 16.2 Å². The average Bonchev–Trinajstić information content (AvgIpc) is 3.19. The Bertz CT molecular complexity index is 1160. The van der Waals surface area contributed by atoms with Crippen molar-refractivity contribution in [1.29, 1.82) is 0 Å². The van der Waals surface area contributed by atoms with E-state index in [-0.39, 0.29) is 28.3 Å². The summed E-state index contributed by atoms with van der Waals surface area (Å²) in [6, 6.07) is 11.4. The number of halogens is 6. The maximum absolute atomic E-state index is 13.3. The zero-order valence-electron chi connectivity index (χ0n) is 17.0. The molecule has 2 aromatic carbocycles. The number of carbonyl (C=O) groups excluding carboxylic acids is 1. The summed E-state index contributed by atoms with van der Waals surface area (Å²) in [4.78, 5) is 15.2. The van der Waals surface area contributed by atoms with Gasteiger partial charge in [-0.3, -0.25) is 4.79 Å². The molecule has 2 heterocycles. The van der Waals surface area contributed by atoms with Gasteiger partial charge in [-0.2, -0.15) is 26.3 Å². The second-order valence-corrected chi connectivity index (χ2v) is 10.0. The summed E-state index contributed by atoms with van der Waals surface area (Å²) < 4.78 is 81.0. The zero-order chi connectivity index (χ0) is 24.2. The Morgan fingerprint density at radius 2 is 1.73 bits per heavy atom. The van der Waals surface area contributed by atoms with Gasteiger partial charge in [0, 0.05) is 27.0 Å². The van der Waals surface area contributed by atoms with Crippen molar-refractivity contribution < 1.29 is 36.2 Å². The molecule has 3 nitrogen and oxygen atoms in total. The van der Waals surface area contributed by atoms with E-state index < -0.39 is 23.5 Å². The van der Waals surface area contributed by atoms with Crippen LogP contribution in [0, 0.1) is 0 Å². The molecule has 0 spiro atoms. The van der Waals surface area contributed by atoms with Crippen molar-refractivity contribution in [3.63, 3.8) is 0 Å². The minimum Gasteiger partial charge on any atom is -0.369 e. The molecule has 1 N–H and O–H groups in total. The van der Waals surface area contributed by atoms with E-state index in [2.05, 4.69) is 0 Å². The molecule has 1 aliphatic rings. The SMILES string of the molecule is CCC1CN(C(=O)c2cc3ccccc3s2)c2ccc(C(O)(C(F)(F)F)C(F)(F)F)cc2S1. The highest BCUT2D eigenvalue weighted by Crippen LogP contribution is 2.52. The molecule has 1 amide bonds. The Morgan fingerprint density at radius 1 is 1.06 bits per heavy atom. The van der Waals surface area contributed by atoms with Crippen molar-refractivity contribution in [3.05, 3.63) is 59.0 Å². The number of carbonyl (C=O) groups is 1. The first-order chi connectivity index (χ1) is 15.4. The molecule has 4 rings (SSSR count). The Kier molecular flexibility index (Phi) is 5.95. The fraction of sp³-hybridized carbons (Fsp3) is 0.318. The molecule has 176 valence electrons. The summed E-state index contributed by atoms with van der Waals surface area (Å²) in [5.41, 5.74) is -6.14. The van der Waals surface area contributed by atoms with E-state index in [1.807, 2.05) is 31.2 Å². The monoisotopic (exact) mass is 505 g/mol. The van der Waals surface area contributed by atoms with E-state index >= 15 is 0 Å². The van der Waals surface area contributed by atoms with Crippen molar-refractivity contribution in [3.8, 4) is 0 Å². The topological polar surface area (TPSA) is 40.5 Å². The highest BCUT2D eigenvalue weighted by molar-refractivity contribution is 8.00. The second-order valence-electron chi connectivity index (χ2n) is 7.60. The maximum atomic E-state index is 13.3. The first kappa shape index (κ1) is 23.9. The van der Waals surface area contributed by atoms with Crippen molar-refractivity contribution >= 4 is 44.8 Å². The van der Waals surface area contributed by atoms with E-state index in [9.17, 15) is 36.2 Å². The quantitative estimate of drug-likeness (QED) is 0.401. The highest BCUT2D eigenvalue weighted by Gasteiger charge is 2.71. The van der Waals surface area contributed by atoms with Gasteiger partial charge in [-0.15, -0.1) is 23.1 Å². The standard InChI is InChI=1S/C22H17F6NO2S2/c1-2-14-11-29(19(30)18-9-12-5-3-4-6-16(12)33-18)15-8-7-13(10-17(15)32-14)20(31,21(23,24)25)22(26,27)28/h3-10,14,31H,2,11H2,1H3. The smallest absolute Gasteiger partial charge is 0.369 e. The van der Waals surface area contributed by atoms with Gasteiger partial charge in [0.1, 0.15) is 0 Å². The molecule has 0 bridgehead atoms. The van der Waals surface area contributed by atoms with Gasteiger partial charge < -0.3 is 10.0 Å². The fourth-order valence-corrected chi connectivity index (χ4v) is 5.94. The number of thioether (sulfide) groups is 1. The van der Waals surface area contributed by atoms with Crippen LogP contribution in [0.2, 0.25) is 0 Å². The van der Waals surface area contributed by atoms with Gasteiger partial charge in [-0.05, 0) is 36.1 Å². The van der Waals surface area contributed by atoms with E-state index in [0.29, 0.717) is 23.4 Å². The Labute approximate surface area is 193 Å². The number of hydrogen-bond acceptors (Lipinski definition) is 4. The van der Waals surface area contributed by atoms with Gasteiger partial charge in [-0.1, -0.05) is 31.2 Å². The van der Waals surface area contributed by atoms with Crippen LogP contribution in [0.1, 0.15) is 28.6 Å². The molecular weight excluding hydrogens is 488 g/mol.